The molecule has 3 aromatic rings. The summed E-state index contributed by atoms with van der Waals surface area (Å²) in [6.45, 7) is 6.62. The second-order valence-electron chi connectivity index (χ2n) is 8.92. The summed E-state index contributed by atoms with van der Waals surface area (Å²) >= 11 is 0. The van der Waals surface area contributed by atoms with Crippen LogP contribution < -0.4 is 20.9 Å². The molecule has 0 unspecified atom stereocenters. The first kappa shape index (κ1) is 23.0. The Kier molecular flexibility index (Phi) is 6.73. The Morgan fingerprint density at radius 3 is 2.11 bits per heavy atom. The minimum absolute atomic E-state index is 0.127. The second kappa shape index (κ2) is 10.2. The lowest BCUT2D eigenvalue weighted by Gasteiger charge is -2.46. The fourth-order valence-electron chi connectivity index (χ4n) is 4.27. The molecule has 2 aliphatic rings. The zero-order valence-corrected chi connectivity index (χ0v) is 19.8. The molecule has 2 saturated heterocycles. The van der Waals surface area contributed by atoms with Gasteiger partial charge in [0.05, 0.1) is 38.5 Å². The molecular weight excluding hydrogens is 446 g/mol. The van der Waals surface area contributed by atoms with Crippen LogP contribution in [0.4, 0.5) is 27.8 Å². The number of rotatable bonds is 6. The van der Waals surface area contributed by atoms with Crippen molar-refractivity contribution in [1.82, 2.24) is 15.0 Å². The summed E-state index contributed by atoms with van der Waals surface area (Å²) in [6.07, 6.45) is 3.25. The number of benzene rings is 1. The number of carbonyl (C=O) groups is 1. The van der Waals surface area contributed by atoms with Gasteiger partial charge >= 0.3 is 6.03 Å². The largest absolute Gasteiger partial charge is 0.377 e. The van der Waals surface area contributed by atoms with Gasteiger partial charge in [0.2, 0.25) is 0 Å². The van der Waals surface area contributed by atoms with Gasteiger partial charge in [-0.2, -0.15) is 0 Å². The van der Waals surface area contributed by atoms with E-state index in [4.69, 9.17) is 19.4 Å². The summed E-state index contributed by atoms with van der Waals surface area (Å²) in [7, 11) is 0. The summed E-state index contributed by atoms with van der Waals surface area (Å²) in [4.78, 5) is 28.2. The normalized spacial score (nSPS) is 19.3. The van der Waals surface area contributed by atoms with Crippen molar-refractivity contribution < 1.29 is 14.3 Å². The summed E-state index contributed by atoms with van der Waals surface area (Å²) < 4.78 is 11.5. The lowest BCUT2D eigenvalue weighted by molar-refractivity contribution is -0.0350. The first-order valence-electron chi connectivity index (χ1n) is 11.7. The SMILES string of the molecule is CC(C)Nc1cc(N2C3COCC2COC3)nc(-c2ccc(NC(=O)Nc3ccncc3)cc2)n1. The smallest absolute Gasteiger partial charge is 0.323 e. The third kappa shape index (κ3) is 5.50. The van der Waals surface area contributed by atoms with E-state index in [9.17, 15) is 4.79 Å². The molecule has 5 rings (SSSR count). The van der Waals surface area contributed by atoms with E-state index in [1.807, 2.05) is 30.3 Å². The number of aromatic nitrogens is 3. The van der Waals surface area contributed by atoms with Crippen LogP contribution in [0.5, 0.6) is 0 Å². The molecule has 2 amide bonds. The standard InChI is InChI=1S/C25H29N7O3/c1-16(2)27-22-11-23(32-20-12-34-14-21(32)15-35-13-20)31-24(30-22)17-3-5-18(6-4-17)28-25(33)29-19-7-9-26-10-8-19/h3-11,16,20-21H,12-15H2,1-2H3,(H,27,30,31)(H2,26,28,29,33). The number of carbonyl (C=O) groups excluding carboxylic acids is 1. The Labute approximate surface area is 204 Å². The first-order chi connectivity index (χ1) is 17.0. The number of anilines is 4. The molecule has 3 N–H and O–H groups in total. The van der Waals surface area contributed by atoms with E-state index in [0.717, 1.165) is 17.2 Å². The number of nitrogens with zero attached hydrogens (tertiary/aromatic N) is 4. The Hall–Kier alpha value is -3.76. The first-order valence-corrected chi connectivity index (χ1v) is 11.7. The number of hydrogen-bond acceptors (Lipinski definition) is 8. The average Bonchev–Trinajstić information content (AvgIpc) is 2.84. The van der Waals surface area contributed by atoms with E-state index in [1.54, 1.807) is 24.5 Å². The number of hydrogen-bond donors (Lipinski definition) is 3. The molecule has 0 aliphatic carbocycles. The van der Waals surface area contributed by atoms with E-state index in [-0.39, 0.29) is 24.2 Å². The van der Waals surface area contributed by atoms with Crippen LogP contribution in [0.3, 0.4) is 0 Å². The van der Waals surface area contributed by atoms with Crippen LogP contribution in [0, 0.1) is 0 Å². The monoisotopic (exact) mass is 475 g/mol. The third-order valence-electron chi connectivity index (χ3n) is 5.78. The Morgan fingerprint density at radius 1 is 0.914 bits per heavy atom. The van der Waals surface area contributed by atoms with Crippen molar-refractivity contribution in [3.8, 4) is 11.4 Å². The molecule has 10 nitrogen and oxygen atoms in total. The van der Waals surface area contributed by atoms with Crippen molar-refractivity contribution in [2.24, 2.45) is 0 Å². The maximum atomic E-state index is 12.3. The summed E-state index contributed by atoms with van der Waals surface area (Å²) in [5, 5.41) is 9.02. The van der Waals surface area contributed by atoms with Gasteiger partial charge in [0.15, 0.2) is 5.82 Å². The summed E-state index contributed by atoms with van der Waals surface area (Å²) in [5.74, 6) is 2.24. The van der Waals surface area contributed by atoms with E-state index in [0.29, 0.717) is 43.6 Å². The molecule has 0 spiro atoms. The quantitative estimate of drug-likeness (QED) is 0.496. The van der Waals surface area contributed by atoms with Gasteiger partial charge in [0.25, 0.3) is 0 Å². The Morgan fingerprint density at radius 2 is 1.51 bits per heavy atom. The zero-order valence-electron chi connectivity index (χ0n) is 19.8. The van der Waals surface area contributed by atoms with Crippen molar-refractivity contribution >= 4 is 29.0 Å². The molecule has 10 heteroatoms. The second-order valence-corrected chi connectivity index (χ2v) is 8.92. The van der Waals surface area contributed by atoms with Gasteiger partial charge in [-0.3, -0.25) is 4.98 Å². The maximum Gasteiger partial charge on any atom is 0.323 e. The fourth-order valence-corrected chi connectivity index (χ4v) is 4.27. The Bertz CT molecular complexity index is 1140. The van der Waals surface area contributed by atoms with E-state index in [1.165, 1.54) is 0 Å². The van der Waals surface area contributed by atoms with Crippen LogP contribution in [-0.2, 0) is 9.47 Å². The summed E-state index contributed by atoms with van der Waals surface area (Å²) in [6, 6.07) is 13.1. The molecule has 1 aromatic carbocycles. The lowest BCUT2D eigenvalue weighted by Crippen LogP contribution is -2.60. The number of nitrogens with one attached hydrogen (secondary N) is 3. The Balaban J connectivity index is 1.37. The highest BCUT2D eigenvalue weighted by Gasteiger charge is 2.36. The van der Waals surface area contributed by atoms with Gasteiger partial charge in [0, 0.05) is 41.4 Å². The van der Waals surface area contributed by atoms with Crippen LogP contribution in [-0.4, -0.2) is 65.5 Å². The minimum atomic E-state index is -0.327. The molecule has 182 valence electrons. The topological polar surface area (TPSA) is 114 Å². The van der Waals surface area contributed by atoms with Gasteiger partial charge in [-0.15, -0.1) is 0 Å². The molecule has 2 bridgehead atoms. The highest BCUT2D eigenvalue weighted by atomic mass is 16.5. The van der Waals surface area contributed by atoms with Gasteiger partial charge in [-0.05, 0) is 50.2 Å². The summed E-state index contributed by atoms with van der Waals surface area (Å²) in [5.41, 5.74) is 2.19. The minimum Gasteiger partial charge on any atom is -0.377 e. The van der Waals surface area contributed by atoms with Gasteiger partial charge in [-0.1, -0.05) is 0 Å². The third-order valence-corrected chi connectivity index (χ3v) is 5.78. The molecule has 2 fully saturated rings. The molecule has 2 aliphatic heterocycles. The molecule has 0 saturated carbocycles. The van der Waals surface area contributed by atoms with Crippen molar-refractivity contribution in [1.29, 1.82) is 0 Å². The number of pyridine rings is 1. The van der Waals surface area contributed by atoms with Crippen molar-refractivity contribution in [2.45, 2.75) is 32.0 Å². The van der Waals surface area contributed by atoms with Crippen LogP contribution >= 0.6 is 0 Å². The van der Waals surface area contributed by atoms with E-state index in [2.05, 4.69) is 39.7 Å². The molecule has 0 radical (unpaired) electrons. The average molecular weight is 476 g/mol. The van der Waals surface area contributed by atoms with Gasteiger partial charge in [-0.25, -0.2) is 14.8 Å². The predicted octanol–water partition coefficient (Wildman–Crippen LogP) is 3.61. The number of morpholine rings is 2. The van der Waals surface area contributed by atoms with Crippen LogP contribution in [0.15, 0.2) is 54.9 Å². The molecule has 0 atom stereocenters. The predicted molar refractivity (Wildman–Crippen MR) is 135 cm³/mol. The molecule has 35 heavy (non-hydrogen) atoms. The number of ether oxygens (including phenoxy) is 2. The van der Waals surface area contributed by atoms with Crippen molar-refractivity contribution in [3.63, 3.8) is 0 Å². The van der Waals surface area contributed by atoms with Crippen LogP contribution in [0.2, 0.25) is 0 Å². The van der Waals surface area contributed by atoms with Crippen LogP contribution in [0.1, 0.15) is 13.8 Å². The molecular formula is C25H29N7O3. The van der Waals surface area contributed by atoms with Gasteiger partial charge in [0.1, 0.15) is 11.6 Å². The molecule has 4 heterocycles. The zero-order chi connectivity index (χ0) is 24.2. The molecule has 2 aromatic heterocycles. The van der Waals surface area contributed by atoms with Crippen molar-refractivity contribution in [2.75, 3.05) is 47.3 Å². The number of urea groups is 1. The maximum absolute atomic E-state index is 12.3. The lowest BCUT2D eigenvalue weighted by atomic mass is 10.1. The highest BCUT2D eigenvalue weighted by Crippen LogP contribution is 2.30. The van der Waals surface area contributed by atoms with Crippen molar-refractivity contribution in [3.05, 3.63) is 54.9 Å². The fraction of sp³-hybridized carbons (Fsp3) is 0.360. The van der Waals surface area contributed by atoms with Gasteiger partial charge < -0.3 is 30.3 Å². The van der Waals surface area contributed by atoms with Crippen LogP contribution in [0.25, 0.3) is 11.4 Å². The highest BCUT2D eigenvalue weighted by molar-refractivity contribution is 5.99. The number of fused-ring (bicyclic) bond motifs is 2. The van der Waals surface area contributed by atoms with E-state index >= 15 is 0 Å². The van der Waals surface area contributed by atoms with E-state index < -0.39 is 0 Å². The number of amides is 2.